The van der Waals surface area contributed by atoms with Gasteiger partial charge in [-0.2, -0.15) is 0 Å². The second kappa shape index (κ2) is 4.69. The lowest BCUT2D eigenvalue weighted by Crippen LogP contribution is -2.25. The standard InChI is InChI=1S/C12H14O5/c1-2-16-10(13)6-17-12(15)9-5-7-3-4-8(9)11(7)14/h3-4,7-9H,2,5-6H2,1H3. The van der Waals surface area contributed by atoms with E-state index in [0.717, 1.165) is 0 Å². The van der Waals surface area contributed by atoms with Crippen LogP contribution in [0.5, 0.6) is 0 Å². The fourth-order valence-electron chi connectivity index (χ4n) is 2.32. The van der Waals surface area contributed by atoms with Gasteiger partial charge in [0.1, 0.15) is 5.78 Å². The quantitative estimate of drug-likeness (QED) is 0.526. The Balaban J connectivity index is 1.84. The smallest absolute Gasteiger partial charge is 0.344 e. The van der Waals surface area contributed by atoms with E-state index in [-0.39, 0.29) is 30.8 Å². The third-order valence-electron chi connectivity index (χ3n) is 3.13. The molecule has 0 aromatic heterocycles. The monoisotopic (exact) mass is 238 g/mol. The summed E-state index contributed by atoms with van der Waals surface area (Å²) in [6.07, 6.45) is 4.09. The molecule has 17 heavy (non-hydrogen) atoms. The first kappa shape index (κ1) is 11.8. The van der Waals surface area contributed by atoms with Crippen molar-refractivity contribution in [3.8, 4) is 0 Å². The summed E-state index contributed by atoms with van der Waals surface area (Å²) in [4.78, 5) is 34.2. The van der Waals surface area contributed by atoms with Gasteiger partial charge in [-0.1, -0.05) is 12.2 Å². The molecule has 2 bridgehead atoms. The average molecular weight is 238 g/mol. The van der Waals surface area contributed by atoms with Crippen molar-refractivity contribution in [3.05, 3.63) is 12.2 Å². The maximum Gasteiger partial charge on any atom is 0.344 e. The zero-order valence-electron chi connectivity index (χ0n) is 9.55. The number of carbonyl (C=O) groups excluding carboxylic acids is 3. The number of ether oxygens (including phenoxy) is 2. The van der Waals surface area contributed by atoms with Gasteiger partial charge in [-0.05, 0) is 13.3 Å². The van der Waals surface area contributed by atoms with Crippen LogP contribution in [0.2, 0.25) is 0 Å². The fourth-order valence-corrected chi connectivity index (χ4v) is 2.32. The van der Waals surface area contributed by atoms with E-state index in [1.54, 1.807) is 13.0 Å². The summed E-state index contributed by atoms with van der Waals surface area (Å²) in [5, 5.41) is 0. The van der Waals surface area contributed by atoms with Gasteiger partial charge < -0.3 is 9.47 Å². The normalized spacial score (nSPS) is 29.5. The van der Waals surface area contributed by atoms with Crippen molar-refractivity contribution >= 4 is 17.7 Å². The molecule has 1 saturated carbocycles. The minimum atomic E-state index is -0.564. The Labute approximate surface area is 98.8 Å². The summed E-state index contributed by atoms with van der Waals surface area (Å²) in [6.45, 7) is 1.56. The number of Topliss-reactive ketones (excluding diaryl/α,β-unsaturated/α-hetero) is 1. The molecule has 92 valence electrons. The van der Waals surface area contributed by atoms with E-state index in [1.807, 2.05) is 6.08 Å². The molecule has 0 aliphatic heterocycles. The van der Waals surface area contributed by atoms with Crippen LogP contribution in [0.25, 0.3) is 0 Å². The van der Waals surface area contributed by atoms with Gasteiger partial charge in [0.2, 0.25) is 0 Å². The topological polar surface area (TPSA) is 69.7 Å². The molecular formula is C12H14O5. The molecule has 0 amide bonds. The minimum Gasteiger partial charge on any atom is -0.463 e. The molecule has 0 spiro atoms. The molecule has 2 aliphatic rings. The van der Waals surface area contributed by atoms with Gasteiger partial charge >= 0.3 is 11.9 Å². The predicted octanol–water partition coefficient (Wildman–Crippen LogP) is 0.484. The van der Waals surface area contributed by atoms with Crippen molar-refractivity contribution < 1.29 is 23.9 Å². The molecule has 0 saturated heterocycles. The Morgan fingerprint density at radius 3 is 2.65 bits per heavy atom. The van der Waals surface area contributed by atoms with Gasteiger partial charge in [0.25, 0.3) is 0 Å². The van der Waals surface area contributed by atoms with Crippen molar-refractivity contribution in [2.45, 2.75) is 13.3 Å². The van der Waals surface area contributed by atoms with Gasteiger partial charge in [-0.3, -0.25) is 9.59 Å². The lowest BCUT2D eigenvalue weighted by atomic mass is 9.94. The highest BCUT2D eigenvalue weighted by atomic mass is 16.6. The predicted molar refractivity (Wildman–Crippen MR) is 56.8 cm³/mol. The molecule has 0 heterocycles. The number of rotatable bonds is 4. The molecule has 3 atom stereocenters. The van der Waals surface area contributed by atoms with E-state index < -0.39 is 17.9 Å². The number of hydrogen-bond donors (Lipinski definition) is 0. The van der Waals surface area contributed by atoms with E-state index in [1.165, 1.54) is 0 Å². The molecule has 0 aromatic carbocycles. The first-order chi connectivity index (χ1) is 8.13. The molecule has 5 heteroatoms. The van der Waals surface area contributed by atoms with E-state index in [4.69, 9.17) is 4.74 Å². The summed E-state index contributed by atoms with van der Waals surface area (Å²) in [6, 6.07) is 0. The Hall–Kier alpha value is -1.65. The van der Waals surface area contributed by atoms with Crippen LogP contribution in [0.3, 0.4) is 0 Å². The van der Waals surface area contributed by atoms with Crippen molar-refractivity contribution in [3.63, 3.8) is 0 Å². The zero-order valence-corrected chi connectivity index (χ0v) is 9.55. The van der Waals surface area contributed by atoms with Crippen molar-refractivity contribution in [2.75, 3.05) is 13.2 Å². The Kier molecular flexibility index (Phi) is 3.26. The van der Waals surface area contributed by atoms with E-state index in [0.29, 0.717) is 6.42 Å². The maximum absolute atomic E-state index is 11.7. The molecule has 2 aliphatic carbocycles. The molecule has 1 fully saturated rings. The number of ketones is 1. The summed E-state index contributed by atoms with van der Waals surface area (Å²) in [5.41, 5.74) is 0. The van der Waals surface area contributed by atoms with Gasteiger partial charge in [-0.15, -0.1) is 0 Å². The summed E-state index contributed by atoms with van der Waals surface area (Å²) < 4.78 is 9.48. The van der Waals surface area contributed by atoms with Crippen LogP contribution in [0, 0.1) is 17.8 Å². The Morgan fingerprint density at radius 1 is 1.35 bits per heavy atom. The number of fused-ring (bicyclic) bond motifs is 2. The van der Waals surface area contributed by atoms with Crippen LogP contribution in [0.4, 0.5) is 0 Å². The molecule has 0 N–H and O–H groups in total. The van der Waals surface area contributed by atoms with Crippen LogP contribution < -0.4 is 0 Å². The van der Waals surface area contributed by atoms with Gasteiger partial charge in [0.15, 0.2) is 6.61 Å². The first-order valence-corrected chi connectivity index (χ1v) is 5.67. The van der Waals surface area contributed by atoms with Crippen LogP contribution in [-0.2, 0) is 23.9 Å². The molecule has 0 radical (unpaired) electrons. The Bertz CT molecular complexity index is 384. The minimum absolute atomic E-state index is 0.0862. The highest BCUT2D eigenvalue weighted by Gasteiger charge is 2.47. The lowest BCUT2D eigenvalue weighted by molar-refractivity contribution is -0.161. The van der Waals surface area contributed by atoms with Crippen LogP contribution in [0.1, 0.15) is 13.3 Å². The number of carbonyl (C=O) groups is 3. The zero-order chi connectivity index (χ0) is 12.4. The lowest BCUT2D eigenvalue weighted by Gasteiger charge is -2.14. The summed E-state index contributed by atoms with van der Waals surface area (Å²) in [7, 11) is 0. The van der Waals surface area contributed by atoms with Crippen LogP contribution in [-0.4, -0.2) is 30.9 Å². The van der Waals surface area contributed by atoms with Crippen molar-refractivity contribution in [1.29, 1.82) is 0 Å². The second-order valence-electron chi connectivity index (χ2n) is 4.17. The third-order valence-corrected chi connectivity index (χ3v) is 3.13. The van der Waals surface area contributed by atoms with Gasteiger partial charge in [0.05, 0.1) is 12.5 Å². The summed E-state index contributed by atoms with van der Waals surface area (Å²) in [5.74, 6) is -1.88. The second-order valence-corrected chi connectivity index (χ2v) is 4.17. The molecular weight excluding hydrogens is 224 g/mol. The first-order valence-electron chi connectivity index (χ1n) is 5.67. The van der Waals surface area contributed by atoms with Gasteiger partial charge in [-0.25, -0.2) is 4.79 Å². The number of allylic oxidation sites excluding steroid dienone is 2. The fraction of sp³-hybridized carbons (Fsp3) is 0.583. The highest BCUT2D eigenvalue weighted by molar-refractivity contribution is 5.97. The number of esters is 2. The molecule has 3 unspecified atom stereocenters. The largest absolute Gasteiger partial charge is 0.463 e. The maximum atomic E-state index is 11.7. The van der Waals surface area contributed by atoms with E-state index >= 15 is 0 Å². The van der Waals surface area contributed by atoms with E-state index in [2.05, 4.69) is 4.74 Å². The van der Waals surface area contributed by atoms with Gasteiger partial charge in [0, 0.05) is 11.8 Å². The van der Waals surface area contributed by atoms with Crippen molar-refractivity contribution in [1.82, 2.24) is 0 Å². The Morgan fingerprint density at radius 2 is 2.12 bits per heavy atom. The highest BCUT2D eigenvalue weighted by Crippen LogP contribution is 2.41. The summed E-state index contributed by atoms with van der Waals surface area (Å²) >= 11 is 0. The van der Waals surface area contributed by atoms with Crippen molar-refractivity contribution in [2.24, 2.45) is 17.8 Å². The molecule has 5 nitrogen and oxygen atoms in total. The number of hydrogen-bond acceptors (Lipinski definition) is 5. The molecule has 2 rings (SSSR count). The average Bonchev–Trinajstić information content (AvgIpc) is 2.82. The SMILES string of the molecule is CCOC(=O)COC(=O)C1CC2C=CC1C2=O. The van der Waals surface area contributed by atoms with Crippen LogP contribution >= 0.6 is 0 Å². The molecule has 0 aromatic rings. The van der Waals surface area contributed by atoms with E-state index in [9.17, 15) is 14.4 Å². The third kappa shape index (κ3) is 2.23. The van der Waals surface area contributed by atoms with Crippen LogP contribution in [0.15, 0.2) is 12.2 Å².